The Morgan fingerprint density at radius 1 is 1.38 bits per heavy atom. The second-order valence-electron chi connectivity index (χ2n) is 5.92. The van der Waals surface area contributed by atoms with Crippen LogP contribution >= 0.6 is 0 Å². The van der Waals surface area contributed by atoms with Crippen LogP contribution in [-0.4, -0.2) is 35.8 Å². The zero-order chi connectivity index (χ0) is 14.8. The summed E-state index contributed by atoms with van der Waals surface area (Å²) in [5, 5.41) is 1.11. The van der Waals surface area contributed by atoms with Gasteiger partial charge in [0.2, 0.25) is 0 Å². The average molecular weight is 286 g/mol. The van der Waals surface area contributed by atoms with Crippen molar-refractivity contribution in [2.24, 2.45) is 7.05 Å². The van der Waals surface area contributed by atoms with Crippen LogP contribution < -0.4 is 5.56 Å². The summed E-state index contributed by atoms with van der Waals surface area (Å²) in [5.74, 6) is 0. The number of fused-ring (bicyclic) bond motifs is 1. The molecule has 3 rings (SSSR count). The first-order valence-corrected chi connectivity index (χ1v) is 7.53. The first-order chi connectivity index (χ1) is 10.1. The Morgan fingerprint density at radius 2 is 2.19 bits per heavy atom. The molecule has 0 radical (unpaired) electrons. The predicted molar refractivity (Wildman–Crippen MR) is 84.5 cm³/mol. The molecule has 1 aliphatic heterocycles. The summed E-state index contributed by atoms with van der Waals surface area (Å²) >= 11 is 0. The summed E-state index contributed by atoms with van der Waals surface area (Å²) < 4.78 is 7.40. The van der Waals surface area contributed by atoms with E-state index in [1.807, 2.05) is 31.3 Å². The molecule has 21 heavy (non-hydrogen) atoms. The maximum atomic E-state index is 12.5. The van der Waals surface area contributed by atoms with Gasteiger partial charge in [0, 0.05) is 32.3 Å². The van der Waals surface area contributed by atoms with Crippen LogP contribution in [0.15, 0.2) is 35.1 Å². The Balaban J connectivity index is 1.83. The minimum absolute atomic E-state index is 0.0906. The summed E-state index contributed by atoms with van der Waals surface area (Å²) in [5.41, 5.74) is 1.91. The van der Waals surface area contributed by atoms with Gasteiger partial charge in [0.25, 0.3) is 5.56 Å². The van der Waals surface area contributed by atoms with Crippen LogP contribution in [0.5, 0.6) is 0 Å². The molecule has 0 amide bonds. The van der Waals surface area contributed by atoms with Crippen molar-refractivity contribution in [2.75, 3.05) is 20.2 Å². The number of aryl methyl sites for hydroxylation is 1. The molecule has 1 unspecified atom stereocenters. The van der Waals surface area contributed by atoms with Gasteiger partial charge in [0.15, 0.2) is 0 Å². The lowest BCUT2D eigenvalue weighted by atomic mass is 10.1. The Hall–Kier alpha value is -1.65. The van der Waals surface area contributed by atoms with Gasteiger partial charge in [-0.15, -0.1) is 0 Å². The molecule has 1 saturated heterocycles. The molecule has 0 bridgehead atoms. The fourth-order valence-electron chi connectivity index (χ4n) is 3.09. The van der Waals surface area contributed by atoms with Gasteiger partial charge in [-0.05, 0) is 37.4 Å². The van der Waals surface area contributed by atoms with E-state index >= 15 is 0 Å². The monoisotopic (exact) mass is 286 g/mol. The van der Waals surface area contributed by atoms with Crippen LogP contribution in [-0.2, 0) is 18.3 Å². The number of likely N-dealkylation sites (N-methyl/N-ethyl adjacent to an activating group) is 1. The van der Waals surface area contributed by atoms with E-state index in [1.165, 1.54) is 0 Å². The molecule has 1 atom stereocenters. The number of para-hydroxylation sites is 1. The van der Waals surface area contributed by atoms with E-state index in [0.29, 0.717) is 12.6 Å². The Labute approximate surface area is 124 Å². The second-order valence-corrected chi connectivity index (χ2v) is 5.92. The van der Waals surface area contributed by atoms with Gasteiger partial charge in [0.1, 0.15) is 0 Å². The zero-order valence-corrected chi connectivity index (χ0v) is 12.7. The van der Waals surface area contributed by atoms with Crippen molar-refractivity contribution in [2.45, 2.75) is 25.5 Å². The van der Waals surface area contributed by atoms with Crippen molar-refractivity contribution in [3.8, 4) is 0 Å². The van der Waals surface area contributed by atoms with Crippen LogP contribution in [0.4, 0.5) is 0 Å². The van der Waals surface area contributed by atoms with Gasteiger partial charge >= 0.3 is 0 Å². The van der Waals surface area contributed by atoms with Gasteiger partial charge < -0.3 is 9.30 Å². The first kappa shape index (κ1) is 14.3. The third kappa shape index (κ3) is 3.01. The summed E-state index contributed by atoms with van der Waals surface area (Å²) in [7, 11) is 3.89. The number of ether oxygens (including phenoxy) is 1. The molecule has 0 saturated carbocycles. The minimum atomic E-state index is 0.0906. The Kier molecular flexibility index (Phi) is 4.08. The molecule has 4 nitrogen and oxygen atoms in total. The van der Waals surface area contributed by atoms with E-state index in [0.717, 1.165) is 42.5 Å². The molecule has 1 fully saturated rings. The van der Waals surface area contributed by atoms with Crippen LogP contribution in [0.25, 0.3) is 10.9 Å². The van der Waals surface area contributed by atoms with Gasteiger partial charge in [-0.1, -0.05) is 18.2 Å². The summed E-state index contributed by atoms with van der Waals surface area (Å²) in [4.78, 5) is 14.6. The van der Waals surface area contributed by atoms with Crippen molar-refractivity contribution in [1.82, 2.24) is 9.47 Å². The standard InChI is InChI=1S/C17H22N2O2/c1-18(12-15-7-5-9-21-15)11-14-10-13-6-3-4-8-16(13)19(2)17(14)20/h3-4,6,8,10,15H,5,7,9,11-12H2,1-2H3. The van der Waals surface area contributed by atoms with Crippen LogP contribution in [0.2, 0.25) is 0 Å². The molecule has 0 N–H and O–H groups in total. The lowest BCUT2D eigenvalue weighted by Gasteiger charge is -2.20. The smallest absolute Gasteiger partial charge is 0.255 e. The Morgan fingerprint density at radius 3 is 2.95 bits per heavy atom. The van der Waals surface area contributed by atoms with E-state index in [2.05, 4.69) is 18.0 Å². The average Bonchev–Trinajstić information content (AvgIpc) is 2.97. The normalized spacial score (nSPS) is 18.7. The molecular formula is C17H22N2O2. The fourth-order valence-corrected chi connectivity index (χ4v) is 3.09. The molecule has 0 aliphatic carbocycles. The number of aromatic nitrogens is 1. The molecule has 2 heterocycles. The quantitative estimate of drug-likeness (QED) is 0.864. The topological polar surface area (TPSA) is 34.5 Å². The van der Waals surface area contributed by atoms with E-state index < -0.39 is 0 Å². The third-order valence-corrected chi connectivity index (χ3v) is 4.19. The number of benzene rings is 1. The van der Waals surface area contributed by atoms with Gasteiger partial charge in [0.05, 0.1) is 11.6 Å². The SMILES string of the molecule is CN(Cc1cc2ccccc2n(C)c1=O)CC1CCCO1. The fraction of sp³-hybridized carbons (Fsp3) is 0.471. The first-order valence-electron chi connectivity index (χ1n) is 7.53. The zero-order valence-electron chi connectivity index (χ0n) is 12.7. The van der Waals surface area contributed by atoms with Crippen molar-refractivity contribution >= 4 is 10.9 Å². The molecule has 1 aromatic heterocycles. The number of nitrogens with zero attached hydrogens (tertiary/aromatic N) is 2. The minimum Gasteiger partial charge on any atom is -0.377 e. The summed E-state index contributed by atoms with van der Waals surface area (Å²) in [6.45, 7) is 2.42. The molecule has 1 aliphatic rings. The van der Waals surface area contributed by atoms with Crippen LogP contribution in [0.1, 0.15) is 18.4 Å². The number of pyridine rings is 1. The highest BCUT2D eigenvalue weighted by molar-refractivity contribution is 5.79. The molecule has 112 valence electrons. The van der Waals surface area contributed by atoms with Crippen molar-refractivity contribution in [1.29, 1.82) is 0 Å². The molecular weight excluding hydrogens is 264 g/mol. The maximum Gasteiger partial charge on any atom is 0.255 e. The molecule has 1 aromatic carbocycles. The van der Waals surface area contributed by atoms with Gasteiger partial charge in [-0.25, -0.2) is 0 Å². The summed E-state index contributed by atoms with van der Waals surface area (Å²) in [6, 6.07) is 10.0. The highest BCUT2D eigenvalue weighted by atomic mass is 16.5. The highest BCUT2D eigenvalue weighted by Crippen LogP contribution is 2.15. The van der Waals surface area contributed by atoms with E-state index in [1.54, 1.807) is 4.57 Å². The van der Waals surface area contributed by atoms with Crippen molar-refractivity contribution < 1.29 is 4.74 Å². The third-order valence-electron chi connectivity index (χ3n) is 4.19. The molecule has 0 spiro atoms. The van der Waals surface area contributed by atoms with Crippen LogP contribution in [0, 0.1) is 0 Å². The molecule has 2 aromatic rings. The van der Waals surface area contributed by atoms with Crippen LogP contribution in [0.3, 0.4) is 0 Å². The Bertz CT molecular complexity index is 687. The lowest BCUT2D eigenvalue weighted by molar-refractivity contribution is 0.0792. The largest absolute Gasteiger partial charge is 0.377 e. The highest BCUT2D eigenvalue weighted by Gasteiger charge is 2.18. The lowest BCUT2D eigenvalue weighted by Crippen LogP contribution is -2.32. The van der Waals surface area contributed by atoms with Crippen molar-refractivity contribution in [3.63, 3.8) is 0 Å². The number of hydrogen-bond donors (Lipinski definition) is 0. The number of rotatable bonds is 4. The van der Waals surface area contributed by atoms with E-state index in [4.69, 9.17) is 4.74 Å². The van der Waals surface area contributed by atoms with E-state index in [9.17, 15) is 4.79 Å². The number of hydrogen-bond acceptors (Lipinski definition) is 3. The van der Waals surface area contributed by atoms with Gasteiger partial charge in [-0.3, -0.25) is 9.69 Å². The maximum absolute atomic E-state index is 12.5. The molecule has 4 heteroatoms. The van der Waals surface area contributed by atoms with E-state index in [-0.39, 0.29) is 5.56 Å². The second kappa shape index (κ2) is 6.00. The van der Waals surface area contributed by atoms with Crippen molar-refractivity contribution in [3.05, 3.63) is 46.2 Å². The predicted octanol–water partition coefficient (Wildman–Crippen LogP) is 2.15. The van der Waals surface area contributed by atoms with Gasteiger partial charge in [-0.2, -0.15) is 0 Å². The summed E-state index contributed by atoms with van der Waals surface area (Å²) in [6.07, 6.45) is 2.59.